The van der Waals surface area contributed by atoms with E-state index < -0.39 is 22.0 Å². The van der Waals surface area contributed by atoms with Crippen LogP contribution in [0, 0.1) is 18.8 Å². The lowest BCUT2D eigenvalue weighted by molar-refractivity contribution is -0.142. The van der Waals surface area contributed by atoms with Crippen LogP contribution in [0.3, 0.4) is 0 Å². The summed E-state index contributed by atoms with van der Waals surface area (Å²) in [6.07, 6.45) is 0.682. The molecule has 0 radical (unpaired) electrons. The fourth-order valence-electron chi connectivity index (χ4n) is 1.98. The molecule has 0 aromatic heterocycles. The molecule has 0 saturated heterocycles. The molecule has 1 rings (SSSR count). The average Bonchev–Trinajstić information content (AvgIpc) is 2.37. The van der Waals surface area contributed by atoms with Crippen LogP contribution < -0.4 is 0 Å². The lowest BCUT2D eigenvalue weighted by Crippen LogP contribution is -2.19. The molecule has 1 N–H and O–H groups in total. The van der Waals surface area contributed by atoms with Crippen LogP contribution in [0.15, 0.2) is 29.2 Å². The molecule has 0 bridgehead atoms. The zero-order chi connectivity index (χ0) is 16.0. The molecule has 1 aromatic carbocycles. The number of carboxylic acid groups (broad SMARTS) is 1. The lowest BCUT2D eigenvalue weighted by atomic mass is 9.95. The van der Waals surface area contributed by atoms with Crippen molar-refractivity contribution in [2.75, 3.05) is 6.61 Å². The smallest absolute Gasteiger partial charge is 0.306 e. The molecule has 0 fully saturated rings. The minimum Gasteiger partial charge on any atom is -0.481 e. The van der Waals surface area contributed by atoms with Crippen molar-refractivity contribution in [2.24, 2.45) is 11.8 Å². The fraction of sp³-hybridized carbons (Fsp3) is 0.533. The van der Waals surface area contributed by atoms with E-state index in [1.54, 1.807) is 12.1 Å². The number of hydrogen-bond acceptors (Lipinski definition) is 4. The Kier molecular flexibility index (Phi) is 6.36. The van der Waals surface area contributed by atoms with Gasteiger partial charge in [-0.1, -0.05) is 31.5 Å². The number of rotatable bonds is 8. The van der Waals surface area contributed by atoms with Gasteiger partial charge in [-0.2, -0.15) is 8.42 Å². The van der Waals surface area contributed by atoms with Gasteiger partial charge in [-0.15, -0.1) is 0 Å². The van der Waals surface area contributed by atoms with Gasteiger partial charge in [0.25, 0.3) is 10.1 Å². The van der Waals surface area contributed by atoms with E-state index in [4.69, 9.17) is 9.29 Å². The van der Waals surface area contributed by atoms with Gasteiger partial charge in [-0.05, 0) is 37.8 Å². The second-order valence-electron chi connectivity index (χ2n) is 5.54. The molecule has 0 amide bonds. The molecule has 0 saturated carbocycles. The standard InChI is InChI=1S/C15H22O5S/c1-11(2)10-13(15(16)17)8-9-20-21(18,19)14-6-4-12(3)5-7-14/h4-7,11,13H,8-10H2,1-3H3,(H,16,17). The number of hydrogen-bond donors (Lipinski definition) is 1. The summed E-state index contributed by atoms with van der Waals surface area (Å²) in [5.41, 5.74) is 0.955. The van der Waals surface area contributed by atoms with Crippen LogP contribution in [0.2, 0.25) is 0 Å². The van der Waals surface area contributed by atoms with Crippen LogP contribution >= 0.6 is 0 Å². The third-order valence-electron chi connectivity index (χ3n) is 3.12. The molecule has 1 atom stereocenters. The van der Waals surface area contributed by atoms with Gasteiger partial charge in [0.15, 0.2) is 0 Å². The topological polar surface area (TPSA) is 80.7 Å². The Hall–Kier alpha value is -1.40. The van der Waals surface area contributed by atoms with Crippen molar-refractivity contribution in [1.29, 1.82) is 0 Å². The van der Waals surface area contributed by atoms with Gasteiger partial charge in [0.1, 0.15) is 0 Å². The fourth-order valence-corrected chi connectivity index (χ4v) is 2.91. The predicted molar refractivity (Wildman–Crippen MR) is 79.5 cm³/mol. The van der Waals surface area contributed by atoms with E-state index in [1.165, 1.54) is 12.1 Å². The Morgan fingerprint density at radius 2 is 1.81 bits per heavy atom. The molecular weight excluding hydrogens is 292 g/mol. The molecule has 0 aliphatic rings. The molecule has 6 heteroatoms. The van der Waals surface area contributed by atoms with Crippen LogP contribution in [0.5, 0.6) is 0 Å². The first-order valence-electron chi connectivity index (χ1n) is 6.91. The maximum atomic E-state index is 11.9. The summed E-state index contributed by atoms with van der Waals surface area (Å²) >= 11 is 0. The molecule has 0 aliphatic carbocycles. The minimum absolute atomic E-state index is 0.0869. The number of benzene rings is 1. The van der Waals surface area contributed by atoms with Gasteiger partial charge in [-0.3, -0.25) is 8.98 Å². The van der Waals surface area contributed by atoms with Crippen LogP contribution in [0.4, 0.5) is 0 Å². The summed E-state index contributed by atoms with van der Waals surface area (Å²) in [4.78, 5) is 11.2. The lowest BCUT2D eigenvalue weighted by Gasteiger charge is -2.14. The van der Waals surface area contributed by atoms with Crippen LogP contribution in [0.1, 0.15) is 32.3 Å². The van der Waals surface area contributed by atoms with E-state index in [1.807, 2.05) is 20.8 Å². The van der Waals surface area contributed by atoms with Crippen molar-refractivity contribution in [3.05, 3.63) is 29.8 Å². The Morgan fingerprint density at radius 3 is 2.29 bits per heavy atom. The first kappa shape index (κ1) is 17.7. The van der Waals surface area contributed by atoms with Crippen LogP contribution in [-0.4, -0.2) is 26.1 Å². The summed E-state index contributed by atoms with van der Waals surface area (Å²) in [6.45, 7) is 5.60. The number of aryl methyl sites for hydroxylation is 1. The van der Waals surface area contributed by atoms with E-state index in [-0.39, 0.29) is 23.8 Å². The molecule has 21 heavy (non-hydrogen) atoms. The van der Waals surface area contributed by atoms with Crippen LogP contribution in [0.25, 0.3) is 0 Å². The summed E-state index contributed by atoms with van der Waals surface area (Å²) in [7, 11) is -3.82. The van der Waals surface area contributed by atoms with Gasteiger partial charge in [0.2, 0.25) is 0 Å². The quantitative estimate of drug-likeness (QED) is 0.746. The van der Waals surface area contributed by atoms with Crippen molar-refractivity contribution in [2.45, 2.75) is 38.5 Å². The number of carbonyl (C=O) groups is 1. The highest BCUT2D eigenvalue weighted by atomic mass is 32.2. The second-order valence-corrected chi connectivity index (χ2v) is 7.16. The molecule has 1 aromatic rings. The molecular formula is C15H22O5S. The normalized spacial score (nSPS) is 13.3. The van der Waals surface area contributed by atoms with Crippen molar-refractivity contribution >= 4 is 16.1 Å². The first-order chi connectivity index (χ1) is 9.72. The van der Waals surface area contributed by atoms with Crippen molar-refractivity contribution in [3.63, 3.8) is 0 Å². The van der Waals surface area contributed by atoms with Crippen molar-refractivity contribution < 1.29 is 22.5 Å². The molecule has 0 spiro atoms. The first-order valence-corrected chi connectivity index (χ1v) is 8.32. The van der Waals surface area contributed by atoms with E-state index in [2.05, 4.69) is 0 Å². The number of aliphatic carboxylic acids is 1. The monoisotopic (exact) mass is 314 g/mol. The zero-order valence-electron chi connectivity index (χ0n) is 12.6. The summed E-state index contributed by atoms with van der Waals surface area (Å²) < 4.78 is 28.8. The average molecular weight is 314 g/mol. The third kappa shape index (κ3) is 5.85. The molecule has 1 unspecified atom stereocenters. The molecule has 5 nitrogen and oxygen atoms in total. The van der Waals surface area contributed by atoms with Gasteiger partial charge in [0, 0.05) is 0 Å². The predicted octanol–water partition coefficient (Wildman–Crippen LogP) is 2.84. The van der Waals surface area contributed by atoms with Gasteiger partial charge >= 0.3 is 5.97 Å². The molecule has 0 aliphatic heterocycles. The third-order valence-corrected chi connectivity index (χ3v) is 4.45. The van der Waals surface area contributed by atoms with E-state index in [9.17, 15) is 13.2 Å². The SMILES string of the molecule is Cc1ccc(S(=O)(=O)OCCC(CC(C)C)C(=O)O)cc1. The van der Waals surface area contributed by atoms with E-state index >= 15 is 0 Å². The summed E-state index contributed by atoms with van der Waals surface area (Å²) in [5.74, 6) is -1.27. The van der Waals surface area contributed by atoms with Crippen LogP contribution in [-0.2, 0) is 19.1 Å². The maximum absolute atomic E-state index is 11.9. The summed E-state index contributed by atoms with van der Waals surface area (Å²) in [5, 5.41) is 9.09. The van der Waals surface area contributed by atoms with Gasteiger partial charge < -0.3 is 5.11 Å². The highest BCUT2D eigenvalue weighted by Crippen LogP contribution is 2.18. The Bertz CT molecular complexity index is 560. The molecule has 0 heterocycles. The maximum Gasteiger partial charge on any atom is 0.306 e. The Balaban J connectivity index is 2.61. The van der Waals surface area contributed by atoms with Crippen molar-refractivity contribution in [3.8, 4) is 0 Å². The number of carboxylic acids is 1. The van der Waals surface area contributed by atoms with E-state index in [0.29, 0.717) is 6.42 Å². The van der Waals surface area contributed by atoms with Crippen molar-refractivity contribution in [1.82, 2.24) is 0 Å². The zero-order valence-corrected chi connectivity index (χ0v) is 13.4. The summed E-state index contributed by atoms with van der Waals surface area (Å²) in [6, 6.07) is 6.34. The largest absolute Gasteiger partial charge is 0.481 e. The minimum atomic E-state index is -3.82. The van der Waals surface area contributed by atoms with Gasteiger partial charge in [-0.25, -0.2) is 0 Å². The van der Waals surface area contributed by atoms with Gasteiger partial charge in [0.05, 0.1) is 17.4 Å². The molecule has 118 valence electrons. The Labute approximate surface area is 126 Å². The highest BCUT2D eigenvalue weighted by Gasteiger charge is 2.21. The second kappa shape index (κ2) is 7.56. The highest BCUT2D eigenvalue weighted by molar-refractivity contribution is 7.86. The van der Waals surface area contributed by atoms with E-state index in [0.717, 1.165) is 5.56 Å². The Morgan fingerprint density at radius 1 is 1.24 bits per heavy atom.